The van der Waals surface area contributed by atoms with E-state index in [9.17, 15) is 19.5 Å². The number of carbonyl (C=O) groups excluding carboxylic acids is 2. The van der Waals surface area contributed by atoms with E-state index in [1.54, 1.807) is 11.8 Å². The zero-order chi connectivity index (χ0) is 20.7. The number of amides is 2. The molecule has 0 aliphatic heterocycles. The van der Waals surface area contributed by atoms with Gasteiger partial charge in [0.05, 0.1) is 6.42 Å². The third-order valence-corrected chi connectivity index (χ3v) is 5.59. The molecule has 1 saturated carbocycles. The molecule has 6 nitrogen and oxygen atoms in total. The number of anilines is 1. The van der Waals surface area contributed by atoms with Crippen LogP contribution in [0.2, 0.25) is 0 Å². The lowest BCUT2D eigenvalue weighted by molar-refractivity contribution is -0.141. The summed E-state index contributed by atoms with van der Waals surface area (Å²) in [6.45, 7) is 6.05. The fourth-order valence-corrected chi connectivity index (χ4v) is 4.13. The maximum atomic E-state index is 12.6. The average molecular weight is 389 g/mol. The maximum absolute atomic E-state index is 12.6. The zero-order valence-electron chi connectivity index (χ0n) is 17.2. The quantitative estimate of drug-likeness (QED) is 0.699. The van der Waals surface area contributed by atoms with E-state index >= 15 is 0 Å². The van der Waals surface area contributed by atoms with Gasteiger partial charge < -0.3 is 15.3 Å². The molecule has 2 N–H and O–H groups in total. The van der Waals surface area contributed by atoms with Gasteiger partial charge in [0.15, 0.2) is 0 Å². The number of carbonyl (C=O) groups is 3. The second-order valence-corrected chi connectivity index (χ2v) is 8.29. The number of aliphatic carboxylic acids is 1. The summed E-state index contributed by atoms with van der Waals surface area (Å²) in [5, 5.41) is 12.2. The van der Waals surface area contributed by atoms with E-state index in [1.807, 2.05) is 38.1 Å². The van der Waals surface area contributed by atoms with Crippen molar-refractivity contribution >= 4 is 23.5 Å². The van der Waals surface area contributed by atoms with Gasteiger partial charge in [-0.05, 0) is 49.8 Å². The van der Waals surface area contributed by atoms with Gasteiger partial charge in [-0.3, -0.25) is 14.4 Å². The summed E-state index contributed by atoms with van der Waals surface area (Å²) < 4.78 is 0. The van der Waals surface area contributed by atoms with E-state index in [-0.39, 0.29) is 30.7 Å². The summed E-state index contributed by atoms with van der Waals surface area (Å²) in [6.07, 6.45) is 4.96. The monoisotopic (exact) mass is 388 g/mol. The van der Waals surface area contributed by atoms with Gasteiger partial charge in [-0.2, -0.15) is 0 Å². The summed E-state index contributed by atoms with van der Waals surface area (Å²) in [4.78, 5) is 37.3. The third kappa shape index (κ3) is 6.36. The Morgan fingerprint density at radius 3 is 2.18 bits per heavy atom. The van der Waals surface area contributed by atoms with Gasteiger partial charge in [0, 0.05) is 31.6 Å². The van der Waals surface area contributed by atoms with Crippen LogP contribution < -0.4 is 5.32 Å². The van der Waals surface area contributed by atoms with Crippen molar-refractivity contribution in [1.82, 2.24) is 4.90 Å². The van der Waals surface area contributed by atoms with Crippen LogP contribution in [-0.2, 0) is 20.9 Å². The van der Waals surface area contributed by atoms with E-state index in [0.717, 1.165) is 37.7 Å². The van der Waals surface area contributed by atoms with Gasteiger partial charge in [-0.1, -0.05) is 31.4 Å². The Morgan fingerprint density at radius 2 is 1.68 bits per heavy atom. The predicted octanol–water partition coefficient (Wildman–Crippen LogP) is 4.20. The number of nitrogens with zero attached hydrogens (tertiary/aromatic N) is 1. The molecular formula is C22H32N2O4. The van der Waals surface area contributed by atoms with Crippen LogP contribution in [0.25, 0.3) is 0 Å². The van der Waals surface area contributed by atoms with Crippen molar-refractivity contribution in [1.29, 1.82) is 0 Å². The van der Waals surface area contributed by atoms with E-state index < -0.39 is 11.4 Å². The van der Waals surface area contributed by atoms with Gasteiger partial charge in [-0.15, -0.1) is 0 Å². The summed E-state index contributed by atoms with van der Waals surface area (Å²) in [6, 6.07) is 7.59. The maximum Gasteiger partial charge on any atom is 0.303 e. The number of carboxylic acid groups (broad SMARTS) is 1. The normalized spacial score (nSPS) is 15.9. The molecule has 0 saturated heterocycles. The topological polar surface area (TPSA) is 86.7 Å². The highest BCUT2D eigenvalue weighted by molar-refractivity contribution is 5.91. The molecule has 1 aromatic rings. The van der Waals surface area contributed by atoms with Gasteiger partial charge in [-0.25, -0.2) is 0 Å². The van der Waals surface area contributed by atoms with Crippen LogP contribution in [0.1, 0.15) is 71.3 Å². The van der Waals surface area contributed by atoms with Crippen LogP contribution >= 0.6 is 0 Å². The van der Waals surface area contributed by atoms with Crippen molar-refractivity contribution in [2.24, 2.45) is 5.41 Å². The van der Waals surface area contributed by atoms with E-state index in [4.69, 9.17) is 0 Å². The minimum Gasteiger partial charge on any atom is -0.481 e. The van der Waals surface area contributed by atoms with Gasteiger partial charge in [0.1, 0.15) is 0 Å². The molecule has 0 unspecified atom stereocenters. The van der Waals surface area contributed by atoms with Gasteiger partial charge in [0.2, 0.25) is 11.8 Å². The number of nitrogens with one attached hydrogen (secondary N) is 1. The first-order valence-electron chi connectivity index (χ1n) is 10.1. The molecule has 28 heavy (non-hydrogen) atoms. The molecule has 1 fully saturated rings. The number of hydrogen-bond acceptors (Lipinski definition) is 3. The summed E-state index contributed by atoms with van der Waals surface area (Å²) in [5.41, 5.74) is 1.26. The van der Waals surface area contributed by atoms with Gasteiger partial charge in [0.25, 0.3) is 0 Å². The average Bonchev–Trinajstić information content (AvgIpc) is 2.60. The molecule has 6 heteroatoms. The second-order valence-electron chi connectivity index (χ2n) is 8.29. The molecule has 154 valence electrons. The lowest BCUT2D eigenvalue weighted by Crippen LogP contribution is -2.34. The Balaban J connectivity index is 1.98. The summed E-state index contributed by atoms with van der Waals surface area (Å²) in [7, 11) is 0. The zero-order valence-corrected chi connectivity index (χ0v) is 17.2. The lowest BCUT2D eigenvalue weighted by atomic mass is 9.69. The molecular weight excluding hydrogens is 356 g/mol. The Hall–Kier alpha value is -2.37. The highest BCUT2D eigenvalue weighted by atomic mass is 16.4. The standard InChI is InChI=1S/C22H32N2O4/c1-16(2)24(17(3)25)15-18-7-9-19(10-8-18)23-20(26)13-22(14-21(27)28)11-5-4-6-12-22/h7-10,16H,4-6,11-15H2,1-3H3,(H,23,26)(H,27,28). The molecule has 0 spiro atoms. The first-order valence-corrected chi connectivity index (χ1v) is 10.1. The fourth-order valence-electron chi connectivity index (χ4n) is 4.13. The Labute approximate surface area is 167 Å². The minimum atomic E-state index is -0.834. The number of carboxylic acids is 1. The second kappa shape index (κ2) is 9.71. The van der Waals surface area contributed by atoms with Crippen LogP contribution in [-0.4, -0.2) is 33.8 Å². The van der Waals surface area contributed by atoms with Crippen LogP contribution in [0.4, 0.5) is 5.69 Å². The molecule has 0 bridgehead atoms. The largest absolute Gasteiger partial charge is 0.481 e. The number of benzene rings is 1. The van der Waals surface area contributed by atoms with Crippen molar-refractivity contribution in [3.8, 4) is 0 Å². The van der Waals surface area contributed by atoms with Crippen molar-refractivity contribution in [2.45, 2.75) is 78.3 Å². The van der Waals surface area contributed by atoms with Crippen molar-refractivity contribution in [2.75, 3.05) is 5.32 Å². The highest BCUT2D eigenvalue weighted by Crippen LogP contribution is 2.42. The van der Waals surface area contributed by atoms with Crippen molar-refractivity contribution < 1.29 is 19.5 Å². The van der Waals surface area contributed by atoms with Crippen molar-refractivity contribution in [3.63, 3.8) is 0 Å². The van der Waals surface area contributed by atoms with Crippen LogP contribution in [0.5, 0.6) is 0 Å². The molecule has 0 heterocycles. The Bertz CT molecular complexity index is 691. The minimum absolute atomic E-state index is 0.0311. The number of rotatable bonds is 8. The van der Waals surface area contributed by atoms with Crippen molar-refractivity contribution in [3.05, 3.63) is 29.8 Å². The molecule has 1 aromatic carbocycles. The fraction of sp³-hybridized carbons (Fsp3) is 0.591. The molecule has 2 rings (SSSR count). The lowest BCUT2D eigenvalue weighted by Gasteiger charge is -2.35. The highest BCUT2D eigenvalue weighted by Gasteiger charge is 2.36. The predicted molar refractivity (Wildman–Crippen MR) is 109 cm³/mol. The third-order valence-electron chi connectivity index (χ3n) is 5.59. The van der Waals surface area contributed by atoms with Crippen LogP contribution in [0.3, 0.4) is 0 Å². The van der Waals surface area contributed by atoms with Crippen LogP contribution in [0, 0.1) is 5.41 Å². The summed E-state index contributed by atoms with van der Waals surface area (Å²) in [5.74, 6) is -0.939. The Kier molecular flexibility index (Phi) is 7.61. The summed E-state index contributed by atoms with van der Waals surface area (Å²) >= 11 is 0. The number of hydrogen-bond donors (Lipinski definition) is 2. The Morgan fingerprint density at radius 1 is 1.07 bits per heavy atom. The molecule has 0 aromatic heterocycles. The smallest absolute Gasteiger partial charge is 0.303 e. The first kappa shape index (κ1) is 21.9. The van der Waals surface area contributed by atoms with Gasteiger partial charge >= 0.3 is 5.97 Å². The first-order chi connectivity index (χ1) is 13.2. The van der Waals surface area contributed by atoms with E-state index in [1.165, 1.54) is 0 Å². The molecule has 2 amide bonds. The molecule has 0 radical (unpaired) electrons. The van der Waals surface area contributed by atoms with E-state index in [2.05, 4.69) is 5.32 Å². The molecule has 0 atom stereocenters. The SMILES string of the molecule is CC(=O)N(Cc1ccc(NC(=O)CC2(CC(=O)O)CCCCC2)cc1)C(C)C. The molecule has 1 aliphatic rings. The van der Waals surface area contributed by atoms with E-state index in [0.29, 0.717) is 12.2 Å². The van der Waals surface area contributed by atoms with Crippen LogP contribution in [0.15, 0.2) is 24.3 Å². The molecule has 1 aliphatic carbocycles.